The van der Waals surface area contributed by atoms with Gasteiger partial charge < -0.3 is 19.8 Å². The number of aromatic nitrogens is 3. The van der Waals surface area contributed by atoms with Crippen LogP contribution in [0.4, 0.5) is 23.3 Å². The maximum absolute atomic E-state index is 6.35. The minimum atomic E-state index is 0.726. The minimum absolute atomic E-state index is 0.726. The Morgan fingerprint density at radius 1 is 0.594 bits per heavy atom. The van der Waals surface area contributed by atoms with Crippen molar-refractivity contribution < 1.29 is 0 Å². The molecule has 6 bridgehead atoms. The second-order valence-electron chi connectivity index (χ2n) is 7.80. The van der Waals surface area contributed by atoms with Gasteiger partial charge in [0, 0.05) is 32.3 Å². The first-order valence-electron chi connectivity index (χ1n) is 10.3. The molecule has 0 saturated carbocycles. The first-order chi connectivity index (χ1) is 15.8. The summed E-state index contributed by atoms with van der Waals surface area (Å²) in [7, 11) is 0. The molecule has 1 aliphatic heterocycles. The van der Waals surface area contributed by atoms with E-state index in [9.17, 15) is 0 Å². The van der Waals surface area contributed by atoms with Gasteiger partial charge in [-0.1, -0.05) is 72.8 Å². The summed E-state index contributed by atoms with van der Waals surface area (Å²) >= 11 is 6.35. The van der Waals surface area contributed by atoms with E-state index in [0.29, 0.717) is 0 Å². The van der Waals surface area contributed by atoms with E-state index in [-0.39, 0.29) is 0 Å². The summed E-state index contributed by atoms with van der Waals surface area (Å²) in [5.41, 5.74) is 1.45. The average Bonchev–Trinajstić information content (AvgIpc) is 3.46. The minimum Gasteiger partial charge on any atom is -0.342 e. The summed E-state index contributed by atoms with van der Waals surface area (Å²) < 4.78 is 1.84. The number of fused-ring (bicyclic) bond motifs is 15. The molecule has 3 aromatic heterocycles. The van der Waals surface area contributed by atoms with E-state index in [1.165, 1.54) is 6.83 Å². The summed E-state index contributed by atoms with van der Waals surface area (Å²) in [5.74, 6) is 3.26. The molecule has 0 unspecified atom stereocenters. The van der Waals surface area contributed by atoms with Crippen LogP contribution in [0.25, 0.3) is 32.3 Å². The molecule has 8 heteroatoms. The molecule has 0 amide bonds. The largest absolute Gasteiger partial charge is 0.378 e. The van der Waals surface area contributed by atoms with Crippen molar-refractivity contribution in [3.63, 3.8) is 0 Å². The van der Waals surface area contributed by atoms with Crippen LogP contribution in [-0.4, -0.2) is 21.3 Å². The van der Waals surface area contributed by atoms with Crippen LogP contribution in [0.15, 0.2) is 82.8 Å². The molecule has 3 aromatic carbocycles. The van der Waals surface area contributed by atoms with Crippen LogP contribution in [0.3, 0.4) is 0 Å². The van der Waals surface area contributed by atoms with Gasteiger partial charge in [0.15, 0.2) is 0 Å². The van der Waals surface area contributed by atoms with Gasteiger partial charge in [-0.25, -0.2) is 9.98 Å². The number of hydrogen-bond donors (Lipinski definition) is 3. The Morgan fingerprint density at radius 2 is 1.00 bits per heavy atom. The number of halogens is 1. The first kappa shape index (κ1) is 17.7. The van der Waals surface area contributed by atoms with Crippen molar-refractivity contribution in [2.75, 3.05) is 5.32 Å². The van der Waals surface area contributed by atoms with Gasteiger partial charge in [-0.3, -0.25) is 0 Å². The third-order valence-corrected chi connectivity index (χ3v) is 6.23. The summed E-state index contributed by atoms with van der Waals surface area (Å²) in [6.07, 6.45) is 0. The van der Waals surface area contributed by atoms with Crippen LogP contribution in [-0.2, 0) is 0 Å². The quantitative estimate of drug-likeness (QED) is 0.306. The van der Waals surface area contributed by atoms with Crippen molar-refractivity contribution in [2.45, 2.75) is 0 Å². The second-order valence-corrected chi connectivity index (χ2v) is 7.99. The maximum Gasteiger partial charge on any atom is 0.378 e. The van der Waals surface area contributed by atoms with Gasteiger partial charge in [0.2, 0.25) is 0 Å². The third kappa shape index (κ3) is 2.37. The van der Waals surface area contributed by atoms with Gasteiger partial charge in [-0.05, 0) is 0 Å². The van der Waals surface area contributed by atoms with Crippen LogP contribution >= 0.6 is 11.5 Å². The van der Waals surface area contributed by atoms with Crippen molar-refractivity contribution in [3.8, 4) is 0 Å². The fraction of sp³-hybridized carbons (Fsp3) is 0. The summed E-state index contributed by atoms with van der Waals surface area (Å²) in [6.45, 7) is 1.50. The number of nitrogens with zero attached hydrogens (tertiary/aromatic N) is 3. The number of nitrogens with one attached hydrogen (secondary N) is 3. The molecular weight excluding hydrogens is 419 g/mol. The molecule has 0 atom stereocenters. The number of anilines is 2. The molecule has 1 radical (unpaired) electrons. The molecule has 7 rings (SSSR count). The lowest BCUT2D eigenvalue weighted by molar-refractivity contribution is 1.02. The molecule has 1 aliphatic rings. The fourth-order valence-electron chi connectivity index (χ4n) is 4.59. The van der Waals surface area contributed by atoms with E-state index >= 15 is 0 Å². The predicted octanol–water partition coefficient (Wildman–Crippen LogP) is 5.18. The van der Waals surface area contributed by atoms with Crippen molar-refractivity contribution in [2.24, 2.45) is 9.98 Å². The Bertz CT molecular complexity index is 1680. The summed E-state index contributed by atoms with van der Waals surface area (Å²) in [6, 6.07) is 24.5. The molecule has 0 fully saturated rings. The van der Waals surface area contributed by atoms with Gasteiger partial charge in [0.1, 0.15) is 34.2 Å². The van der Waals surface area contributed by atoms with Crippen molar-refractivity contribution in [1.82, 2.24) is 14.4 Å². The topological polar surface area (TPSA) is 73.3 Å². The zero-order valence-electron chi connectivity index (χ0n) is 16.7. The van der Waals surface area contributed by atoms with Crippen LogP contribution < -0.4 is 16.3 Å². The van der Waals surface area contributed by atoms with Gasteiger partial charge in [0.25, 0.3) is 0 Å². The number of rotatable bonds is 1. The first-order valence-corrected chi connectivity index (χ1v) is 10.7. The van der Waals surface area contributed by atoms with E-state index in [2.05, 4.69) is 39.6 Å². The molecule has 6 nitrogen and oxygen atoms in total. The van der Waals surface area contributed by atoms with Crippen molar-refractivity contribution >= 4 is 73.9 Å². The van der Waals surface area contributed by atoms with Gasteiger partial charge in [-0.2, -0.15) is 11.5 Å². The van der Waals surface area contributed by atoms with Crippen LogP contribution in [0.2, 0.25) is 0 Å². The summed E-state index contributed by atoms with van der Waals surface area (Å²) in [4.78, 5) is 17.0. The van der Waals surface area contributed by atoms with Crippen LogP contribution in [0.5, 0.6) is 0 Å². The van der Waals surface area contributed by atoms with E-state index < -0.39 is 0 Å². The van der Waals surface area contributed by atoms with E-state index in [0.717, 1.165) is 66.6 Å². The Morgan fingerprint density at radius 3 is 1.44 bits per heavy atom. The lowest BCUT2D eigenvalue weighted by atomic mass is 10.2. The Hall–Kier alpha value is -3.97. The average molecular weight is 434 g/mol. The Kier molecular flexibility index (Phi) is 3.60. The molecule has 0 spiro atoms. The van der Waals surface area contributed by atoms with Crippen LogP contribution in [0.1, 0.15) is 0 Å². The van der Waals surface area contributed by atoms with Crippen molar-refractivity contribution in [3.05, 3.63) is 83.8 Å². The van der Waals surface area contributed by atoms with E-state index in [1.54, 1.807) is 0 Å². The zero-order valence-corrected chi connectivity index (χ0v) is 17.5. The molecular formula is C24H15BClN6. The fourth-order valence-corrected chi connectivity index (χ4v) is 4.77. The maximum atomic E-state index is 6.35. The molecule has 151 valence electrons. The normalized spacial score (nSPS) is 12.7. The Balaban J connectivity index is 1.76. The highest BCUT2D eigenvalue weighted by Gasteiger charge is 2.17. The lowest BCUT2D eigenvalue weighted by Crippen LogP contribution is -2.29. The zero-order chi connectivity index (χ0) is 21.2. The monoisotopic (exact) mass is 433 g/mol. The van der Waals surface area contributed by atoms with E-state index in [1.807, 2.05) is 53.0 Å². The second kappa shape index (κ2) is 6.51. The van der Waals surface area contributed by atoms with Gasteiger partial charge >= 0.3 is 6.83 Å². The highest BCUT2D eigenvalue weighted by molar-refractivity contribution is 6.92. The number of hydrogen-bond acceptors (Lipinski definition) is 3. The molecule has 0 aliphatic carbocycles. The number of H-pyrrole nitrogens is 2. The lowest BCUT2D eigenvalue weighted by Gasteiger charge is -2.03. The van der Waals surface area contributed by atoms with Crippen molar-refractivity contribution in [1.29, 1.82) is 0 Å². The third-order valence-electron chi connectivity index (χ3n) is 6.04. The predicted molar refractivity (Wildman–Crippen MR) is 130 cm³/mol. The van der Waals surface area contributed by atoms with Gasteiger partial charge in [0.05, 0.1) is 0 Å². The highest BCUT2D eigenvalue weighted by atomic mass is 35.5. The molecule has 4 heterocycles. The SMILES string of the molecule is Cl[B]n1c2c3ccccc3c1=Nc1[nH]c(c3ccccc13)Nc1[nH]c(c3ccccc13)N=2. The summed E-state index contributed by atoms with van der Waals surface area (Å²) in [5, 5.41) is 9.66. The highest BCUT2D eigenvalue weighted by Crippen LogP contribution is 2.37. The van der Waals surface area contributed by atoms with Crippen LogP contribution in [0, 0.1) is 0 Å². The van der Waals surface area contributed by atoms with E-state index in [4.69, 9.17) is 21.4 Å². The molecule has 32 heavy (non-hydrogen) atoms. The number of aromatic amines is 2. The number of benzene rings is 3. The molecule has 0 saturated heterocycles. The molecule has 6 aromatic rings. The Labute approximate surface area is 187 Å². The van der Waals surface area contributed by atoms with Gasteiger partial charge in [-0.15, -0.1) is 0 Å². The standard InChI is InChI=1S/C24H15BClN6/c26-25-32-23-17-11-5-6-12-18(17)24(32)31-22-16-10-4-2-8-14(16)20(29-22)27-19-13-7-1-3-9-15(13)21(28-19)30-23/h1-12,27-29H. The molecule has 3 N–H and O–H groups in total. The smallest absolute Gasteiger partial charge is 0.342 e.